The summed E-state index contributed by atoms with van der Waals surface area (Å²) in [5.41, 5.74) is 1.78. The zero-order chi connectivity index (χ0) is 16.9. The Morgan fingerprint density at radius 1 is 1.08 bits per heavy atom. The Morgan fingerprint density at radius 2 is 1.79 bits per heavy atom. The second kappa shape index (κ2) is 7.07. The van der Waals surface area contributed by atoms with Crippen LogP contribution in [0.4, 0.5) is 4.39 Å². The molecule has 0 aliphatic heterocycles. The van der Waals surface area contributed by atoms with E-state index < -0.39 is 0 Å². The zero-order valence-corrected chi connectivity index (χ0v) is 13.4. The fourth-order valence-corrected chi connectivity index (χ4v) is 3.14. The van der Waals surface area contributed by atoms with E-state index in [0.717, 1.165) is 10.4 Å². The van der Waals surface area contributed by atoms with Crippen molar-refractivity contribution < 1.29 is 9.18 Å². The number of benzene rings is 2. The van der Waals surface area contributed by atoms with Gasteiger partial charge in [-0.15, -0.1) is 11.3 Å². The smallest absolute Gasteiger partial charge is 0.252 e. The number of nitriles is 1. The van der Waals surface area contributed by atoms with E-state index in [-0.39, 0.29) is 17.8 Å². The van der Waals surface area contributed by atoms with Gasteiger partial charge < -0.3 is 5.32 Å². The first-order chi connectivity index (χ1) is 11.7. The van der Waals surface area contributed by atoms with Crippen LogP contribution >= 0.6 is 11.3 Å². The van der Waals surface area contributed by atoms with Gasteiger partial charge in [0, 0.05) is 10.4 Å². The Morgan fingerprint density at radius 3 is 2.38 bits per heavy atom. The molecule has 1 aromatic heterocycles. The van der Waals surface area contributed by atoms with E-state index in [0.29, 0.717) is 11.1 Å². The van der Waals surface area contributed by atoms with Crippen molar-refractivity contribution in [3.8, 4) is 6.07 Å². The fourth-order valence-electron chi connectivity index (χ4n) is 2.34. The normalized spacial score (nSPS) is 11.5. The number of rotatable bonds is 4. The van der Waals surface area contributed by atoms with Crippen molar-refractivity contribution in [2.75, 3.05) is 0 Å². The van der Waals surface area contributed by atoms with Gasteiger partial charge in [0.25, 0.3) is 5.91 Å². The summed E-state index contributed by atoms with van der Waals surface area (Å²) in [6.07, 6.45) is 0. The predicted molar refractivity (Wildman–Crippen MR) is 91.2 cm³/mol. The summed E-state index contributed by atoms with van der Waals surface area (Å²) in [4.78, 5) is 13.5. The van der Waals surface area contributed by atoms with Gasteiger partial charge in [-0.25, -0.2) is 4.39 Å². The molecule has 0 bridgehead atoms. The van der Waals surface area contributed by atoms with Gasteiger partial charge in [-0.3, -0.25) is 4.79 Å². The number of nitrogens with zero attached hydrogens (tertiary/aromatic N) is 1. The fraction of sp³-hybridized carbons (Fsp3) is 0.0526. The summed E-state index contributed by atoms with van der Waals surface area (Å²) in [7, 11) is 0. The first-order valence-corrected chi connectivity index (χ1v) is 8.15. The van der Waals surface area contributed by atoms with Gasteiger partial charge in [0.1, 0.15) is 5.82 Å². The van der Waals surface area contributed by atoms with Crippen molar-refractivity contribution in [3.63, 3.8) is 0 Å². The molecule has 0 saturated heterocycles. The Kier molecular flexibility index (Phi) is 4.69. The minimum Gasteiger partial charge on any atom is -0.340 e. The van der Waals surface area contributed by atoms with Crippen LogP contribution in [0.15, 0.2) is 66.0 Å². The van der Waals surface area contributed by atoms with Crippen molar-refractivity contribution in [2.24, 2.45) is 0 Å². The molecule has 1 N–H and O–H groups in total. The molecule has 0 saturated carbocycles. The Labute approximate surface area is 143 Å². The van der Waals surface area contributed by atoms with E-state index in [1.807, 2.05) is 23.6 Å². The molecule has 1 amide bonds. The first kappa shape index (κ1) is 15.9. The second-order valence-electron chi connectivity index (χ2n) is 5.16. The number of amides is 1. The van der Waals surface area contributed by atoms with Crippen molar-refractivity contribution in [3.05, 3.63) is 93.4 Å². The number of carbonyl (C=O) groups is 1. The molecule has 1 unspecified atom stereocenters. The maximum absolute atomic E-state index is 13.2. The van der Waals surface area contributed by atoms with Crippen LogP contribution in [0.1, 0.15) is 32.4 Å². The largest absolute Gasteiger partial charge is 0.340 e. The van der Waals surface area contributed by atoms with Crippen LogP contribution in [0, 0.1) is 17.1 Å². The highest BCUT2D eigenvalue weighted by Gasteiger charge is 2.19. The zero-order valence-electron chi connectivity index (χ0n) is 12.6. The Bertz CT molecular complexity index is 865. The summed E-state index contributed by atoms with van der Waals surface area (Å²) in [6, 6.07) is 18.0. The third-order valence-electron chi connectivity index (χ3n) is 3.58. The van der Waals surface area contributed by atoms with Gasteiger partial charge in [-0.1, -0.05) is 18.2 Å². The molecule has 118 valence electrons. The standard InChI is InChI=1S/C19H13FN2OS/c20-16-9-7-14(8-10-16)18(17-2-1-11-24-17)22-19(23)15-5-3-13(12-21)4-6-15/h1-11,18H,(H,22,23). The number of hydrogen-bond donors (Lipinski definition) is 1. The number of hydrogen-bond acceptors (Lipinski definition) is 3. The average Bonchev–Trinajstić information content (AvgIpc) is 3.15. The molecule has 3 rings (SSSR count). The number of thiophene rings is 1. The van der Waals surface area contributed by atoms with Gasteiger partial charge in [-0.2, -0.15) is 5.26 Å². The quantitative estimate of drug-likeness (QED) is 0.773. The summed E-state index contributed by atoms with van der Waals surface area (Å²) < 4.78 is 13.2. The van der Waals surface area contributed by atoms with Gasteiger partial charge in [0.2, 0.25) is 0 Å². The van der Waals surface area contributed by atoms with Crippen molar-refractivity contribution in [1.29, 1.82) is 5.26 Å². The Hall–Kier alpha value is -2.97. The topological polar surface area (TPSA) is 52.9 Å². The predicted octanol–water partition coefficient (Wildman–Crippen LogP) is 4.28. The van der Waals surface area contributed by atoms with E-state index in [9.17, 15) is 9.18 Å². The van der Waals surface area contributed by atoms with Crippen LogP contribution in [0.3, 0.4) is 0 Å². The molecule has 24 heavy (non-hydrogen) atoms. The van der Waals surface area contributed by atoms with Crippen LogP contribution in [-0.2, 0) is 0 Å². The van der Waals surface area contributed by atoms with Crippen LogP contribution in [0.25, 0.3) is 0 Å². The third kappa shape index (κ3) is 3.50. The van der Waals surface area contributed by atoms with E-state index >= 15 is 0 Å². The van der Waals surface area contributed by atoms with E-state index in [1.54, 1.807) is 36.4 Å². The average molecular weight is 336 g/mol. The van der Waals surface area contributed by atoms with Crippen molar-refractivity contribution >= 4 is 17.2 Å². The molecule has 3 aromatic rings. The maximum atomic E-state index is 13.2. The summed E-state index contributed by atoms with van der Waals surface area (Å²) >= 11 is 1.52. The number of carbonyl (C=O) groups excluding carboxylic acids is 1. The van der Waals surface area contributed by atoms with Crippen LogP contribution in [-0.4, -0.2) is 5.91 Å². The molecule has 0 aliphatic carbocycles. The molecular weight excluding hydrogens is 323 g/mol. The molecule has 2 aromatic carbocycles. The van der Waals surface area contributed by atoms with Crippen LogP contribution < -0.4 is 5.32 Å². The molecule has 3 nitrogen and oxygen atoms in total. The van der Waals surface area contributed by atoms with Gasteiger partial charge >= 0.3 is 0 Å². The minimum atomic E-state index is -0.353. The lowest BCUT2D eigenvalue weighted by molar-refractivity contribution is 0.0943. The highest BCUT2D eigenvalue weighted by atomic mass is 32.1. The number of nitrogens with one attached hydrogen (secondary N) is 1. The molecular formula is C19H13FN2OS. The molecule has 0 radical (unpaired) electrons. The minimum absolute atomic E-state index is 0.248. The summed E-state index contributed by atoms with van der Waals surface area (Å²) in [6.45, 7) is 0. The monoisotopic (exact) mass is 336 g/mol. The lowest BCUT2D eigenvalue weighted by Gasteiger charge is -2.18. The van der Waals surface area contributed by atoms with Crippen LogP contribution in [0.5, 0.6) is 0 Å². The lowest BCUT2D eigenvalue weighted by Crippen LogP contribution is -2.28. The second-order valence-corrected chi connectivity index (χ2v) is 6.14. The SMILES string of the molecule is N#Cc1ccc(C(=O)NC(c2ccc(F)cc2)c2cccs2)cc1. The third-order valence-corrected chi connectivity index (χ3v) is 4.52. The highest BCUT2D eigenvalue weighted by molar-refractivity contribution is 7.10. The van der Waals surface area contributed by atoms with E-state index in [2.05, 4.69) is 5.32 Å². The molecule has 0 fully saturated rings. The van der Waals surface area contributed by atoms with E-state index in [1.165, 1.54) is 23.5 Å². The maximum Gasteiger partial charge on any atom is 0.252 e. The molecule has 0 spiro atoms. The molecule has 1 heterocycles. The number of halogens is 1. The molecule has 1 atom stereocenters. The summed E-state index contributed by atoms with van der Waals surface area (Å²) in [5, 5.41) is 13.7. The molecule has 5 heteroatoms. The first-order valence-electron chi connectivity index (χ1n) is 7.27. The molecule has 0 aliphatic rings. The van der Waals surface area contributed by atoms with Gasteiger partial charge in [0.05, 0.1) is 17.7 Å². The Balaban J connectivity index is 1.87. The van der Waals surface area contributed by atoms with Crippen molar-refractivity contribution in [1.82, 2.24) is 5.32 Å². The van der Waals surface area contributed by atoms with Gasteiger partial charge in [0.15, 0.2) is 0 Å². The highest BCUT2D eigenvalue weighted by Crippen LogP contribution is 2.26. The van der Waals surface area contributed by atoms with Crippen molar-refractivity contribution in [2.45, 2.75) is 6.04 Å². The van der Waals surface area contributed by atoms with E-state index in [4.69, 9.17) is 5.26 Å². The summed E-state index contributed by atoms with van der Waals surface area (Å²) in [5.74, 6) is -0.565. The van der Waals surface area contributed by atoms with Crippen LogP contribution in [0.2, 0.25) is 0 Å². The van der Waals surface area contributed by atoms with Gasteiger partial charge in [-0.05, 0) is 53.4 Å². The lowest BCUT2D eigenvalue weighted by atomic mass is 10.0.